The van der Waals surface area contributed by atoms with Crippen molar-refractivity contribution in [1.29, 1.82) is 0 Å². The molecule has 0 aliphatic carbocycles. The van der Waals surface area contributed by atoms with E-state index in [1.807, 2.05) is 0 Å². The standard InChI is InChI=1S/C11H13BrFNO/c12-9-5-8(10(13)6-11(9)15)7-1-3-14-4-2-7/h5-7,14-15H,1-4H2. The van der Waals surface area contributed by atoms with Crippen LogP contribution in [0.15, 0.2) is 16.6 Å². The molecule has 0 aromatic heterocycles. The van der Waals surface area contributed by atoms with Crippen molar-refractivity contribution in [1.82, 2.24) is 5.32 Å². The van der Waals surface area contributed by atoms with Crippen LogP contribution in [-0.4, -0.2) is 18.2 Å². The molecule has 0 atom stereocenters. The summed E-state index contributed by atoms with van der Waals surface area (Å²) in [6, 6.07) is 2.88. The minimum absolute atomic E-state index is 0.0369. The second-order valence-corrected chi connectivity index (χ2v) is 4.70. The molecule has 2 nitrogen and oxygen atoms in total. The number of benzene rings is 1. The summed E-state index contributed by atoms with van der Waals surface area (Å²) in [6.07, 6.45) is 1.91. The van der Waals surface area contributed by atoms with Gasteiger partial charge in [0, 0.05) is 6.07 Å². The van der Waals surface area contributed by atoms with E-state index in [1.165, 1.54) is 6.07 Å². The minimum Gasteiger partial charge on any atom is -0.507 e. The normalized spacial score (nSPS) is 18.0. The Hall–Kier alpha value is -0.610. The van der Waals surface area contributed by atoms with E-state index in [0.717, 1.165) is 25.9 Å². The molecule has 0 bridgehead atoms. The van der Waals surface area contributed by atoms with Crippen LogP contribution in [0.3, 0.4) is 0 Å². The Morgan fingerprint density at radius 1 is 1.33 bits per heavy atom. The lowest BCUT2D eigenvalue weighted by Gasteiger charge is -2.23. The van der Waals surface area contributed by atoms with Gasteiger partial charge in [-0.1, -0.05) is 0 Å². The molecule has 0 spiro atoms. The number of hydrogen-bond acceptors (Lipinski definition) is 2. The maximum Gasteiger partial charge on any atom is 0.132 e. The van der Waals surface area contributed by atoms with Crippen molar-refractivity contribution in [2.45, 2.75) is 18.8 Å². The highest BCUT2D eigenvalue weighted by atomic mass is 79.9. The van der Waals surface area contributed by atoms with E-state index in [9.17, 15) is 9.50 Å². The lowest BCUT2D eigenvalue weighted by Crippen LogP contribution is -2.27. The van der Waals surface area contributed by atoms with E-state index < -0.39 is 0 Å². The van der Waals surface area contributed by atoms with E-state index in [0.29, 0.717) is 10.0 Å². The Bertz CT molecular complexity index is 364. The number of rotatable bonds is 1. The highest BCUT2D eigenvalue weighted by Gasteiger charge is 2.19. The highest BCUT2D eigenvalue weighted by Crippen LogP contribution is 2.33. The smallest absolute Gasteiger partial charge is 0.132 e. The molecule has 2 N–H and O–H groups in total. The third-order valence-electron chi connectivity index (χ3n) is 2.85. The van der Waals surface area contributed by atoms with Crippen molar-refractivity contribution in [3.8, 4) is 5.75 Å². The van der Waals surface area contributed by atoms with Crippen molar-refractivity contribution in [2.75, 3.05) is 13.1 Å². The third-order valence-corrected chi connectivity index (χ3v) is 3.48. The Morgan fingerprint density at radius 3 is 2.67 bits per heavy atom. The zero-order valence-corrected chi connectivity index (χ0v) is 9.85. The van der Waals surface area contributed by atoms with Gasteiger partial charge in [0.05, 0.1) is 4.47 Å². The van der Waals surface area contributed by atoms with E-state index in [2.05, 4.69) is 21.2 Å². The minimum atomic E-state index is -0.303. The Morgan fingerprint density at radius 2 is 2.00 bits per heavy atom. The van der Waals surface area contributed by atoms with E-state index in [4.69, 9.17) is 0 Å². The first kappa shape index (κ1) is 10.9. The molecule has 1 heterocycles. The predicted molar refractivity (Wildman–Crippen MR) is 60.6 cm³/mol. The Labute approximate surface area is 96.6 Å². The molecule has 4 heteroatoms. The van der Waals surface area contributed by atoms with Crippen molar-refractivity contribution in [2.24, 2.45) is 0 Å². The molecule has 82 valence electrons. The second-order valence-electron chi connectivity index (χ2n) is 3.85. The van der Waals surface area contributed by atoms with Crippen LogP contribution in [-0.2, 0) is 0 Å². The zero-order chi connectivity index (χ0) is 10.8. The summed E-state index contributed by atoms with van der Waals surface area (Å²) in [5.74, 6) is -0.0732. The van der Waals surface area contributed by atoms with Gasteiger partial charge in [-0.15, -0.1) is 0 Å². The number of nitrogens with one attached hydrogen (secondary N) is 1. The maximum atomic E-state index is 13.6. The molecule has 1 aliphatic rings. The molecule has 1 saturated heterocycles. The van der Waals surface area contributed by atoms with Gasteiger partial charge in [0.2, 0.25) is 0 Å². The first-order valence-corrected chi connectivity index (χ1v) is 5.86. The summed E-state index contributed by atoms with van der Waals surface area (Å²) in [7, 11) is 0. The monoisotopic (exact) mass is 273 g/mol. The van der Waals surface area contributed by atoms with Crippen LogP contribution in [0, 0.1) is 5.82 Å². The molecule has 2 rings (SSSR count). The largest absolute Gasteiger partial charge is 0.507 e. The van der Waals surface area contributed by atoms with Gasteiger partial charge in [-0.05, 0) is 59.4 Å². The van der Waals surface area contributed by atoms with Crippen molar-refractivity contribution in [3.05, 3.63) is 28.0 Å². The zero-order valence-electron chi connectivity index (χ0n) is 8.26. The molecule has 1 aromatic carbocycles. The fourth-order valence-electron chi connectivity index (χ4n) is 2.00. The van der Waals surface area contributed by atoms with Crippen molar-refractivity contribution >= 4 is 15.9 Å². The average molecular weight is 274 g/mol. The number of hydrogen-bond donors (Lipinski definition) is 2. The van der Waals surface area contributed by atoms with Gasteiger partial charge in [-0.2, -0.15) is 0 Å². The summed E-state index contributed by atoms with van der Waals surface area (Å²) >= 11 is 3.21. The van der Waals surface area contributed by atoms with Gasteiger partial charge in [-0.25, -0.2) is 4.39 Å². The van der Waals surface area contributed by atoms with Crippen LogP contribution in [0.1, 0.15) is 24.3 Å². The lowest BCUT2D eigenvalue weighted by atomic mass is 9.90. The molecule has 1 aromatic rings. The molecular formula is C11H13BrFNO. The quantitative estimate of drug-likeness (QED) is 0.825. The van der Waals surface area contributed by atoms with Crippen molar-refractivity contribution < 1.29 is 9.50 Å². The Balaban J connectivity index is 2.30. The fraction of sp³-hybridized carbons (Fsp3) is 0.455. The maximum absolute atomic E-state index is 13.6. The van der Waals surface area contributed by atoms with Gasteiger partial charge in [0.15, 0.2) is 0 Å². The molecule has 0 radical (unpaired) electrons. The van der Waals surface area contributed by atoms with Crippen molar-refractivity contribution in [3.63, 3.8) is 0 Å². The van der Waals surface area contributed by atoms with Gasteiger partial charge < -0.3 is 10.4 Å². The van der Waals surface area contributed by atoms with Gasteiger partial charge in [0.25, 0.3) is 0 Å². The highest BCUT2D eigenvalue weighted by molar-refractivity contribution is 9.10. The topological polar surface area (TPSA) is 32.3 Å². The van der Waals surface area contributed by atoms with E-state index in [1.54, 1.807) is 6.07 Å². The van der Waals surface area contributed by atoms with Crippen LogP contribution in [0.4, 0.5) is 4.39 Å². The van der Waals surface area contributed by atoms with Gasteiger partial charge in [0.1, 0.15) is 11.6 Å². The molecule has 0 amide bonds. The van der Waals surface area contributed by atoms with Crippen LogP contribution in [0.25, 0.3) is 0 Å². The molecule has 1 aliphatic heterocycles. The Kier molecular flexibility index (Phi) is 3.26. The third kappa shape index (κ3) is 2.32. The summed E-state index contributed by atoms with van der Waals surface area (Å²) in [4.78, 5) is 0. The molecule has 0 unspecified atom stereocenters. The van der Waals surface area contributed by atoms with Crippen LogP contribution in [0.2, 0.25) is 0 Å². The van der Waals surface area contributed by atoms with Gasteiger partial charge >= 0.3 is 0 Å². The van der Waals surface area contributed by atoms with Crippen LogP contribution < -0.4 is 5.32 Å². The molecule has 1 fully saturated rings. The average Bonchev–Trinajstić information content (AvgIpc) is 2.25. The predicted octanol–water partition coefficient (Wildman–Crippen LogP) is 2.76. The van der Waals surface area contributed by atoms with E-state index in [-0.39, 0.29) is 17.5 Å². The molecule has 15 heavy (non-hydrogen) atoms. The van der Waals surface area contributed by atoms with Crippen LogP contribution in [0.5, 0.6) is 5.75 Å². The summed E-state index contributed by atoms with van der Waals surface area (Å²) in [5.41, 5.74) is 0.709. The van der Waals surface area contributed by atoms with E-state index >= 15 is 0 Å². The number of phenolic OH excluding ortho intramolecular Hbond substituents is 1. The second kappa shape index (κ2) is 4.49. The summed E-state index contributed by atoms with van der Waals surface area (Å²) < 4.78 is 14.2. The number of phenols is 1. The number of piperidine rings is 1. The summed E-state index contributed by atoms with van der Waals surface area (Å²) in [6.45, 7) is 1.87. The molecular weight excluding hydrogens is 261 g/mol. The SMILES string of the molecule is Oc1cc(F)c(C2CCNCC2)cc1Br. The number of aromatic hydroxyl groups is 1. The lowest BCUT2D eigenvalue weighted by molar-refractivity contribution is 0.436. The first-order chi connectivity index (χ1) is 7.18. The van der Waals surface area contributed by atoms with Gasteiger partial charge in [-0.3, -0.25) is 0 Å². The number of halogens is 2. The summed E-state index contributed by atoms with van der Waals surface area (Å²) in [5, 5.41) is 12.6. The first-order valence-electron chi connectivity index (χ1n) is 5.07. The van der Waals surface area contributed by atoms with Crippen LogP contribution >= 0.6 is 15.9 Å². The fourth-order valence-corrected chi connectivity index (χ4v) is 2.36. The molecule has 0 saturated carbocycles.